The molecule has 0 aliphatic rings. The number of nitrogens with one attached hydrogen (secondary N) is 1. The zero-order valence-electron chi connectivity index (χ0n) is 12.0. The first kappa shape index (κ1) is 14.5. The number of pyridine rings is 1. The van der Waals surface area contributed by atoms with Crippen LogP contribution in [-0.2, 0) is 6.42 Å². The van der Waals surface area contributed by atoms with Gasteiger partial charge in [0.2, 0.25) is 0 Å². The first-order chi connectivity index (χ1) is 9.72. The molecule has 0 spiro atoms. The van der Waals surface area contributed by atoms with Gasteiger partial charge in [0.25, 0.3) is 0 Å². The van der Waals surface area contributed by atoms with Gasteiger partial charge in [-0.1, -0.05) is 18.2 Å². The number of rotatable bonds is 6. The molecule has 0 saturated carbocycles. The monoisotopic (exact) mass is 271 g/mol. The molecular formula is C16H21N3O. The molecule has 0 saturated heterocycles. The van der Waals surface area contributed by atoms with E-state index in [4.69, 9.17) is 10.6 Å². The maximum atomic E-state index is 5.67. The molecule has 20 heavy (non-hydrogen) atoms. The smallest absolute Gasteiger partial charge is 0.118 e. The van der Waals surface area contributed by atoms with Gasteiger partial charge < -0.3 is 4.74 Å². The van der Waals surface area contributed by atoms with Crippen molar-refractivity contribution in [3.63, 3.8) is 0 Å². The van der Waals surface area contributed by atoms with Crippen LogP contribution in [0.5, 0.6) is 5.75 Å². The molecule has 3 N–H and O–H groups in total. The van der Waals surface area contributed by atoms with Crippen LogP contribution in [-0.4, -0.2) is 12.1 Å². The normalized spacial score (nSPS) is 12.2. The van der Waals surface area contributed by atoms with Crippen LogP contribution in [0.25, 0.3) is 0 Å². The Kier molecular flexibility index (Phi) is 5.09. The molecule has 0 aliphatic carbocycles. The fourth-order valence-electron chi connectivity index (χ4n) is 2.22. The van der Waals surface area contributed by atoms with E-state index in [2.05, 4.69) is 28.6 Å². The summed E-state index contributed by atoms with van der Waals surface area (Å²) in [6, 6.07) is 10.4. The molecule has 4 heteroatoms. The summed E-state index contributed by atoms with van der Waals surface area (Å²) < 4.78 is 5.16. The number of hydrazine groups is 1. The van der Waals surface area contributed by atoms with Gasteiger partial charge in [0.05, 0.1) is 7.11 Å². The summed E-state index contributed by atoms with van der Waals surface area (Å²) in [6.45, 7) is 2.04. The summed E-state index contributed by atoms with van der Waals surface area (Å²) >= 11 is 0. The van der Waals surface area contributed by atoms with E-state index in [9.17, 15) is 0 Å². The minimum Gasteiger partial charge on any atom is -0.497 e. The van der Waals surface area contributed by atoms with Crippen LogP contribution >= 0.6 is 0 Å². The number of nitrogens with two attached hydrogens (primary N) is 1. The van der Waals surface area contributed by atoms with Gasteiger partial charge in [0, 0.05) is 18.4 Å². The van der Waals surface area contributed by atoms with Gasteiger partial charge in [-0.15, -0.1) is 0 Å². The molecule has 0 aliphatic heterocycles. The number of hydrogen-bond acceptors (Lipinski definition) is 4. The van der Waals surface area contributed by atoms with Crippen molar-refractivity contribution in [1.82, 2.24) is 10.4 Å². The maximum absolute atomic E-state index is 5.67. The lowest BCUT2D eigenvalue weighted by Crippen LogP contribution is -2.28. The average Bonchev–Trinajstić information content (AvgIpc) is 2.48. The Morgan fingerprint density at radius 1 is 1.25 bits per heavy atom. The molecule has 1 atom stereocenters. The highest BCUT2D eigenvalue weighted by atomic mass is 16.5. The van der Waals surface area contributed by atoms with Crippen LogP contribution in [0, 0.1) is 6.92 Å². The Hall–Kier alpha value is -1.91. The lowest BCUT2D eigenvalue weighted by Gasteiger charge is -2.16. The van der Waals surface area contributed by atoms with Crippen LogP contribution in [0.2, 0.25) is 0 Å². The number of ether oxygens (including phenoxy) is 1. The topological polar surface area (TPSA) is 60.2 Å². The molecular weight excluding hydrogens is 250 g/mol. The Morgan fingerprint density at radius 2 is 2.00 bits per heavy atom. The molecule has 0 amide bonds. The van der Waals surface area contributed by atoms with Crippen molar-refractivity contribution in [1.29, 1.82) is 0 Å². The van der Waals surface area contributed by atoms with E-state index in [1.165, 1.54) is 5.56 Å². The highest BCUT2D eigenvalue weighted by Gasteiger charge is 2.10. The van der Waals surface area contributed by atoms with Crippen molar-refractivity contribution in [2.45, 2.75) is 25.8 Å². The average molecular weight is 271 g/mol. The quantitative estimate of drug-likeness (QED) is 0.626. The summed E-state index contributed by atoms with van der Waals surface area (Å²) in [4.78, 5) is 4.22. The number of aromatic nitrogens is 1. The Balaban J connectivity index is 1.99. The van der Waals surface area contributed by atoms with Crippen LogP contribution < -0.4 is 16.0 Å². The minimum absolute atomic E-state index is 0.115. The Labute approximate surface area is 120 Å². The van der Waals surface area contributed by atoms with E-state index < -0.39 is 0 Å². The molecule has 106 valence electrons. The Bertz CT molecular complexity index is 540. The van der Waals surface area contributed by atoms with Crippen molar-refractivity contribution in [3.8, 4) is 5.75 Å². The second-order valence-electron chi connectivity index (χ2n) is 4.90. The van der Waals surface area contributed by atoms with E-state index in [0.717, 1.165) is 29.7 Å². The van der Waals surface area contributed by atoms with Gasteiger partial charge >= 0.3 is 0 Å². The zero-order valence-corrected chi connectivity index (χ0v) is 12.0. The summed E-state index contributed by atoms with van der Waals surface area (Å²) in [5, 5.41) is 0. The number of aryl methyl sites for hydroxylation is 2. The standard InChI is InChI=1S/C16H21N3O/c1-12-9-14(11-18-10-12)16(19-17)8-5-13-3-6-15(20-2)7-4-13/h3-4,6-7,9-11,16,19H,5,8,17H2,1-2H3. The fourth-order valence-corrected chi connectivity index (χ4v) is 2.22. The second-order valence-corrected chi connectivity index (χ2v) is 4.90. The fraction of sp³-hybridized carbons (Fsp3) is 0.312. The number of hydrogen-bond donors (Lipinski definition) is 2. The lowest BCUT2D eigenvalue weighted by atomic mass is 10.00. The largest absolute Gasteiger partial charge is 0.497 e. The summed E-state index contributed by atoms with van der Waals surface area (Å²) in [5.41, 5.74) is 6.42. The minimum atomic E-state index is 0.115. The molecule has 2 rings (SSSR count). The van der Waals surface area contributed by atoms with Crippen molar-refractivity contribution in [2.75, 3.05) is 7.11 Å². The van der Waals surface area contributed by atoms with E-state index in [1.807, 2.05) is 31.5 Å². The summed E-state index contributed by atoms with van der Waals surface area (Å²) in [7, 11) is 1.67. The number of methoxy groups -OCH3 is 1. The van der Waals surface area contributed by atoms with Gasteiger partial charge in [-0.25, -0.2) is 0 Å². The Morgan fingerprint density at radius 3 is 2.60 bits per heavy atom. The lowest BCUT2D eigenvalue weighted by molar-refractivity contribution is 0.414. The zero-order chi connectivity index (χ0) is 14.4. The van der Waals surface area contributed by atoms with Gasteiger partial charge in [-0.05, 0) is 48.6 Å². The molecule has 0 fully saturated rings. The van der Waals surface area contributed by atoms with Crippen molar-refractivity contribution in [3.05, 3.63) is 59.4 Å². The van der Waals surface area contributed by atoms with Crippen LogP contribution in [0.1, 0.15) is 29.2 Å². The highest BCUT2D eigenvalue weighted by molar-refractivity contribution is 5.27. The maximum Gasteiger partial charge on any atom is 0.118 e. The first-order valence-electron chi connectivity index (χ1n) is 6.73. The third-order valence-electron chi connectivity index (χ3n) is 3.38. The van der Waals surface area contributed by atoms with Gasteiger partial charge in [-0.2, -0.15) is 0 Å². The van der Waals surface area contributed by atoms with Crippen LogP contribution in [0.3, 0.4) is 0 Å². The molecule has 1 unspecified atom stereocenters. The summed E-state index contributed by atoms with van der Waals surface area (Å²) in [6.07, 6.45) is 5.59. The predicted octanol–water partition coefficient (Wildman–Crippen LogP) is 2.54. The van der Waals surface area contributed by atoms with E-state index in [0.29, 0.717) is 0 Å². The molecule has 0 radical (unpaired) electrons. The third kappa shape index (κ3) is 3.79. The molecule has 1 aromatic carbocycles. The molecule has 1 heterocycles. The van der Waals surface area contributed by atoms with E-state index >= 15 is 0 Å². The SMILES string of the molecule is COc1ccc(CCC(NN)c2cncc(C)c2)cc1. The van der Waals surface area contributed by atoms with Gasteiger partial charge in [0.1, 0.15) is 5.75 Å². The van der Waals surface area contributed by atoms with Gasteiger partial charge in [-0.3, -0.25) is 16.3 Å². The molecule has 1 aromatic heterocycles. The molecule has 0 bridgehead atoms. The predicted molar refractivity (Wildman–Crippen MR) is 80.4 cm³/mol. The number of benzene rings is 1. The van der Waals surface area contributed by atoms with Crippen LogP contribution in [0.15, 0.2) is 42.7 Å². The van der Waals surface area contributed by atoms with Crippen molar-refractivity contribution < 1.29 is 4.74 Å². The molecule has 2 aromatic rings. The highest BCUT2D eigenvalue weighted by Crippen LogP contribution is 2.20. The van der Waals surface area contributed by atoms with Crippen molar-refractivity contribution >= 4 is 0 Å². The third-order valence-corrected chi connectivity index (χ3v) is 3.38. The molecule has 4 nitrogen and oxygen atoms in total. The number of nitrogens with zero attached hydrogens (tertiary/aromatic N) is 1. The van der Waals surface area contributed by atoms with E-state index in [1.54, 1.807) is 7.11 Å². The summed E-state index contributed by atoms with van der Waals surface area (Å²) in [5.74, 6) is 6.55. The first-order valence-corrected chi connectivity index (χ1v) is 6.73. The van der Waals surface area contributed by atoms with E-state index in [-0.39, 0.29) is 6.04 Å². The van der Waals surface area contributed by atoms with Crippen molar-refractivity contribution in [2.24, 2.45) is 5.84 Å². The van der Waals surface area contributed by atoms with Gasteiger partial charge in [0.15, 0.2) is 0 Å². The van der Waals surface area contributed by atoms with Crippen LogP contribution in [0.4, 0.5) is 0 Å². The second kappa shape index (κ2) is 7.03.